The average molecular weight is 372 g/mol. The maximum absolute atomic E-state index is 13.7. The first kappa shape index (κ1) is 14.5. The van der Waals surface area contributed by atoms with Crippen LogP contribution in [0, 0.1) is 9.39 Å². The van der Waals surface area contributed by atoms with Crippen molar-refractivity contribution < 1.29 is 13.9 Å². The van der Waals surface area contributed by atoms with E-state index in [-0.39, 0.29) is 9.26 Å². The van der Waals surface area contributed by atoms with Gasteiger partial charge in [0.05, 0.1) is 14.3 Å². The maximum Gasteiger partial charge on any atom is 0.412 e. The zero-order valence-electron chi connectivity index (χ0n) is 9.61. The summed E-state index contributed by atoms with van der Waals surface area (Å²) in [5.41, 5.74) is -0.576. The van der Waals surface area contributed by atoms with Gasteiger partial charge in [0, 0.05) is 0 Å². The SMILES string of the molecule is CC(C)(C)OC(=O)Nc1ccc(Cl)c(I)c1F. The van der Waals surface area contributed by atoms with Crippen molar-refractivity contribution in [1.82, 2.24) is 0 Å². The van der Waals surface area contributed by atoms with E-state index in [0.29, 0.717) is 5.02 Å². The summed E-state index contributed by atoms with van der Waals surface area (Å²) in [6, 6.07) is 2.91. The molecule has 0 unspecified atom stereocenters. The number of anilines is 1. The Morgan fingerprint density at radius 2 is 2.06 bits per heavy atom. The van der Waals surface area contributed by atoms with Crippen LogP contribution in [-0.2, 0) is 4.74 Å². The fourth-order valence-electron chi connectivity index (χ4n) is 1.04. The zero-order valence-corrected chi connectivity index (χ0v) is 12.5. The lowest BCUT2D eigenvalue weighted by atomic mass is 10.2. The summed E-state index contributed by atoms with van der Waals surface area (Å²) in [6.07, 6.45) is -0.700. The molecule has 3 nitrogen and oxygen atoms in total. The molecule has 0 aromatic heterocycles. The maximum atomic E-state index is 13.7. The number of hydrogen-bond acceptors (Lipinski definition) is 2. The van der Waals surface area contributed by atoms with Gasteiger partial charge in [-0.1, -0.05) is 11.6 Å². The van der Waals surface area contributed by atoms with E-state index in [2.05, 4.69) is 5.32 Å². The number of hydrogen-bond donors (Lipinski definition) is 1. The number of carbonyl (C=O) groups is 1. The van der Waals surface area contributed by atoms with Crippen LogP contribution in [0.4, 0.5) is 14.9 Å². The molecule has 1 N–H and O–H groups in total. The van der Waals surface area contributed by atoms with E-state index >= 15 is 0 Å². The molecule has 0 spiro atoms. The Bertz CT molecular complexity index is 446. The van der Waals surface area contributed by atoms with Crippen LogP contribution in [0.15, 0.2) is 12.1 Å². The molecule has 0 radical (unpaired) electrons. The quantitative estimate of drug-likeness (QED) is 0.586. The van der Waals surface area contributed by atoms with E-state index in [0.717, 1.165) is 0 Å². The minimum absolute atomic E-state index is 0.0491. The highest BCUT2D eigenvalue weighted by atomic mass is 127. The molecule has 0 aliphatic rings. The van der Waals surface area contributed by atoms with E-state index in [1.54, 1.807) is 43.4 Å². The lowest BCUT2D eigenvalue weighted by Gasteiger charge is -2.20. The van der Waals surface area contributed by atoms with Crippen molar-refractivity contribution in [2.75, 3.05) is 5.32 Å². The molecule has 17 heavy (non-hydrogen) atoms. The minimum atomic E-state index is -0.700. The molecule has 0 aliphatic carbocycles. The van der Waals surface area contributed by atoms with Crippen molar-refractivity contribution in [3.63, 3.8) is 0 Å². The smallest absolute Gasteiger partial charge is 0.412 e. The van der Waals surface area contributed by atoms with Crippen LogP contribution >= 0.6 is 34.2 Å². The van der Waals surface area contributed by atoms with Crippen LogP contribution in [0.2, 0.25) is 5.02 Å². The molecule has 1 aromatic rings. The van der Waals surface area contributed by atoms with Gasteiger partial charge in [-0.25, -0.2) is 9.18 Å². The van der Waals surface area contributed by atoms with Crippen molar-refractivity contribution in [2.45, 2.75) is 26.4 Å². The molecule has 0 atom stereocenters. The summed E-state index contributed by atoms with van der Waals surface area (Å²) in [4.78, 5) is 11.4. The molecule has 0 heterocycles. The molecule has 1 aromatic carbocycles. The molecule has 0 aliphatic heterocycles. The van der Waals surface area contributed by atoms with Gasteiger partial charge in [-0.05, 0) is 55.5 Å². The van der Waals surface area contributed by atoms with Gasteiger partial charge in [-0.15, -0.1) is 0 Å². The van der Waals surface area contributed by atoms with Crippen molar-refractivity contribution in [1.29, 1.82) is 0 Å². The second kappa shape index (κ2) is 5.39. The highest BCUT2D eigenvalue weighted by Gasteiger charge is 2.18. The molecule has 0 saturated carbocycles. The number of ether oxygens (including phenoxy) is 1. The van der Waals surface area contributed by atoms with E-state index < -0.39 is 17.5 Å². The van der Waals surface area contributed by atoms with E-state index in [1.165, 1.54) is 12.1 Å². The first-order chi connectivity index (χ1) is 7.70. The number of benzene rings is 1. The summed E-state index contributed by atoms with van der Waals surface area (Å²) in [7, 11) is 0. The second-order valence-corrected chi connectivity index (χ2v) is 5.84. The highest BCUT2D eigenvalue weighted by Crippen LogP contribution is 2.27. The summed E-state index contributed by atoms with van der Waals surface area (Å²) in [5.74, 6) is -0.566. The molecule has 0 saturated heterocycles. The van der Waals surface area contributed by atoms with Crippen molar-refractivity contribution in [2.24, 2.45) is 0 Å². The van der Waals surface area contributed by atoms with Crippen LogP contribution < -0.4 is 5.32 Å². The summed E-state index contributed by atoms with van der Waals surface area (Å²) in [5, 5.41) is 2.64. The van der Waals surface area contributed by atoms with E-state index in [1.807, 2.05) is 0 Å². The van der Waals surface area contributed by atoms with E-state index in [9.17, 15) is 9.18 Å². The van der Waals surface area contributed by atoms with Crippen LogP contribution in [-0.4, -0.2) is 11.7 Å². The topological polar surface area (TPSA) is 38.3 Å². The first-order valence-corrected chi connectivity index (χ1v) is 6.30. The Morgan fingerprint density at radius 3 is 2.59 bits per heavy atom. The summed E-state index contributed by atoms with van der Waals surface area (Å²) < 4.78 is 19.0. The molecule has 0 bridgehead atoms. The molecule has 1 rings (SSSR count). The van der Waals surface area contributed by atoms with Gasteiger partial charge in [0.15, 0.2) is 5.82 Å². The fraction of sp³-hybridized carbons (Fsp3) is 0.364. The molecule has 94 valence electrons. The predicted octanol–water partition coefficient (Wildman–Crippen LogP) is 4.43. The lowest BCUT2D eigenvalue weighted by molar-refractivity contribution is 0.0635. The Morgan fingerprint density at radius 1 is 1.47 bits per heavy atom. The Labute approximate surface area is 118 Å². The van der Waals surface area contributed by atoms with Gasteiger partial charge in [0.1, 0.15) is 5.60 Å². The third-order valence-electron chi connectivity index (χ3n) is 1.67. The van der Waals surface area contributed by atoms with Crippen LogP contribution in [0.25, 0.3) is 0 Å². The van der Waals surface area contributed by atoms with Gasteiger partial charge in [0.2, 0.25) is 0 Å². The largest absolute Gasteiger partial charge is 0.444 e. The number of carbonyl (C=O) groups excluding carboxylic acids is 1. The fourth-order valence-corrected chi connectivity index (χ4v) is 1.65. The number of rotatable bonds is 1. The monoisotopic (exact) mass is 371 g/mol. The van der Waals surface area contributed by atoms with Gasteiger partial charge in [-0.2, -0.15) is 0 Å². The molecular weight excluding hydrogens is 359 g/mol. The molecular formula is C11H12ClFINO2. The first-order valence-electron chi connectivity index (χ1n) is 4.84. The van der Waals surface area contributed by atoms with Crippen molar-refractivity contribution in [3.8, 4) is 0 Å². The Hall–Kier alpha value is -0.560. The molecule has 1 amide bonds. The number of halogens is 3. The standard InChI is InChI=1S/C11H12ClFINO2/c1-11(2,3)17-10(16)15-7-5-4-6(12)9(14)8(7)13/h4-5H,1-3H3,(H,15,16). The van der Waals surface area contributed by atoms with Crippen molar-refractivity contribution in [3.05, 3.63) is 26.5 Å². The Kier molecular flexibility index (Phi) is 4.60. The Balaban J connectivity index is 2.83. The minimum Gasteiger partial charge on any atom is -0.444 e. The normalized spacial score (nSPS) is 11.2. The second-order valence-electron chi connectivity index (χ2n) is 4.35. The number of amides is 1. The van der Waals surface area contributed by atoms with Gasteiger partial charge in [-0.3, -0.25) is 5.32 Å². The number of nitrogens with one attached hydrogen (secondary N) is 1. The summed E-state index contributed by atoms with van der Waals surface area (Å²) >= 11 is 7.51. The predicted molar refractivity (Wildman–Crippen MR) is 74.0 cm³/mol. The van der Waals surface area contributed by atoms with Gasteiger partial charge >= 0.3 is 6.09 Å². The van der Waals surface area contributed by atoms with Crippen molar-refractivity contribution >= 4 is 46.0 Å². The van der Waals surface area contributed by atoms with Gasteiger partial charge < -0.3 is 4.74 Å². The van der Waals surface area contributed by atoms with Crippen LogP contribution in [0.5, 0.6) is 0 Å². The van der Waals surface area contributed by atoms with E-state index in [4.69, 9.17) is 16.3 Å². The zero-order chi connectivity index (χ0) is 13.2. The average Bonchev–Trinajstić information content (AvgIpc) is 2.16. The van der Waals surface area contributed by atoms with Crippen LogP contribution in [0.1, 0.15) is 20.8 Å². The summed E-state index contributed by atoms with van der Waals surface area (Å²) in [6.45, 7) is 5.19. The lowest BCUT2D eigenvalue weighted by Crippen LogP contribution is -2.27. The highest BCUT2D eigenvalue weighted by molar-refractivity contribution is 14.1. The molecule has 0 fully saturated rings. The third-order valence-corrected chi connectivity index (χ3v) is 3.36. The third kappa shape index (κ3) is 4.31. The van der Waals surface area contributed by atoms with Gasteiger partial charge in [0.25, 0.3) is 0 Å². The van der Waals surface area contributed by atoms with Crippen LogP contribution in [0.3, 0.4) is 0 Å². The molecule has 6 heteroatoms.